The number of nitrogens with zero attached hydrogens (tertiary/aromatic N) is 1. The van der Waals surface area contributed by atoms with Gasteiger partial charge in [0.15, 0.2) is 0 Å². The van der Waals surface area contributed by atoms with Crippen molar-refractivity contribution in [3.8, 4) is 0 Å². The average Bonchev–Trinajstić information content (AvgIpc) is 2.43. The highest BCUT2D eigenvalue weighted by Crippen LogP contribution is 2.18. The highest BCUT2D eigenvalue weighted by atomic mass is 16.2. The largest absolute Gasteiger partial charge is 0.365 e. The van der Waals surface area contributed by atoms with Crippen molar-refractivity contribution in [2.24, 2.45) is 0 Å². The van der Waals surface area contributed by atoms with E-state index in [2.05, 4.69) is 56.5 Å². The summed E-state index contributed by atoms with van der Waals surface area (Å²) in [6.45, 7) is 10.5. The lowest BCUT2D eigenvalue weighted by Gasteiger charge is -2.20. The molecule has 2 N–H and O–H groups in total. The van der Waals surface area contributed by atoms with Crippen LogP contribution in [-0.2, 0) is 11.3 Å². The van der Waals surface area contributed by atoms with E-state index in [0.717, 1.165) is 25.2 Å². The normalized spacial score (nSPS) is 10.8. The number of aryl methyl sites for hydroxylation is 1. The molecule has 4 heteroatoms. The number of rotatable bonds is 8. The zero-order valence-electron chi connectivity index (χ0n) is 14.0. The molecule has 0 fully saturated rings. The van der Waals surface area contributed by atoms with Crippen molar-refractivity contribution in [1.82, 2.24) is 10.6 Å². The number of carbonyl (C=O) groups is 1. The van der Waals surface area contributed by atoms with Gasteiger partial charge in [0, 0.05) is 31.9 Å². The number of amides is 1. The minimum absolute atomic E-state index is 0.0718. The van der Waals surface area contributed by atoms with Crippen LogP contribution in [0.4, 0.5) is 5.69 Å². The smallest absolute Gasteiger partial charge is 0.239 e. The SMILES string of the molecule is CCCNC(=O)CN(C)c1ccc(CNC(C)C)c(C)c1. The Labute approximate surface area is 128 Å². The van der Waals surface area contributed by atoms with Gasteiger partial charge in [-0.3, -0.25) is 4.79 Å². The van der Waals surface area contributed by atoms with E-state index in [9.17, 15) is 4.79 Å². The summed E-state index contributed by atoms with van der Waals surface area (Å²) in [7, 11) is 1.95. The molecular formula is C17H29N3O. The molecule has 0 atom stereocenters. The van der Waals surface area contributed by atoms with Gasteiger partial charge >= 0.3 is 0 Å². The van der Waals surface area contributed by atoms with Gasteiger partial charge in [-0.2, -0.15) is 0 Å². The molecule has 21 heavy (non-hydrogen) atoms. The molecule has 0 heterocycles. The Bertz CT molecular complexity index is 457. The number of likely N-dealkylation sites (N-methyl/N-ethyl adjacent to an activating group) is 1. The second kappa shape index (κ2) is 8.67. The van der Waals surface area contributed by atoms with Crippen molar-refractivity contribution in [2.45, 2.75) is 46.7 Å². The fourth-order valence-corrected chi connectivity index (χ4v) is 2.06. The second-order valence-electron chi connectivity index (χ2n) is 5.85. The van der Waals surface area contributed by atoms with Crippen molar-refractivity contribution in [3.05, 3.63) is 29.3 Å². The summed E-state index contributed by atoms with van der Waals surface area (Å²) in [5, 5.41) is 6.33. The van der Waals surface area contributed by atoms with Gasteiger partial charge < -0.3 is 15.5 Å². The van der Waals surface area contributed by atoms with Crippen LogP contribution < -0.4 is 15.5 Å². The summed E-state index contributed by atoms with van der Waals surface area (Å²) in [6.07, 6.45) is 0.964. The Morgan fingerprint density at radius 1 is 1.33 bits per heavy atom. The van der Waals surface area contributed by atoms with Gasteiger partial charge in [0.25, 0.3) is 0 Å². The fraction of sp³-hybridized carbons (Fsp3) is 0.588. The molecule has 0 aromatic heterocycles. The van der Waals surface area contributed by atoms with Crippen LogP contribution in [-0.4, -0.2) is 32.1 Å². The van der Waals surface area contributed by atoms with Gasteiger partial charge in [0.1, 0.15) is 0 Å². The fourth-order valence-electron chi connectivity index (χ4n) is 2.06. The summed E-state index contributed by atoms with van der Waals surface area (Å²) in [6, 6.07) is 6.84. The standard InChI is InChI=1S/C17H29N3O/c1-6-9-18-17(21)12-20(5)16-8-7-15(14(4)10-16)11-19-13(2)3/h7-8,10,13,19H,6,9,11-12H2,1-5H3,(H,18,21). The van der Waals surface area contributed by atoms with E-state index in [1.807, 2.05) is 11.9 Å². The minimum Gasteiger partial charge on any atom is -0.365 e. The second-order valence-corrected chi connectivity index (χ2v) is 5.85. The lowest BCUT2D eigenvalue weighted by Crippen LogP contribution is -2.35. The number of carbonyl (C=O) groups excluding carboxylic acids is 1. The Morgan fingerprint density at radius 2 is 2.05 bits per heavy atom. The number of hydrogen-bond acceptors (Lipinski definition) is 3. The van der Waals surface area contributed by atoms with Crippen LogP contribution in [0, 0.1) is 6.92 Å². The molecular weight excluding hydrogens is 262 g/mol. The topological polar surface area (TPSA) is 44.4 Å². The van der Waals surface area contributed by atoms with Crippen LogP contribution >= 0.6 is 0 Å². The molecule has 0 spiro atoms. The average molecular weight is 291 g/mol. The first-order chi connectivity index (χ1) is 9.93. The van der Waals surface area contributed by atoms with Crippen LogP contribution in [0.15, 0.2) is 18.2 Å². The van der Waals surface area contributed by atoms with E-state index >= 15 is 0 Å². The molecule has 118 valence electrons. The molecule has 1 aromatic rings. The summed E-state index contributed by atoms with van der Waals surface area (Å²) >= 11 is 0. The van der Waals surface area contributed by atoms with Gasteiger partial charge in [-0.25, -0.2) is 0 Å². The number of benzene rings is 1. The molecule has 0 unspecified atom stereocenters. The number of anilines is 1. The quantitative estimate of drug-likeness (QED) is 0.773. The Hall–Kier alpha value is -1.55. The van der Waals surface area contributed by atoms with E-state index < -0.39 is 0 Å². The third-order valence-corrected chi connectivity index (χ3v) is 3.42. The van der Waals surface area contributed by atoms with Crippen molar-refractivity contribution in [3.63, 3.8) is 0 Å². The predicted molar refractivity (Wildman–Crippen MR) is 89.7 cm³/mol. The third kappa shape index (κ3) is 6.17. The van der Waals surface area contributed by atoms with Crippen molar-refractivity contribution < 1.29 is 4.79 Å². The lowest BCUT2D eigenvalue weighted by molar-refractivity contribution is -0.119. The molecule has 0 saturated heterocycles. The van der Waals surface area contributed by atoms with E-state index in [0.29, 0.717) is 12.6 Å². The Balaban J connectivity index is 2.63. The third-order valence-electron chi connectivity index (χ3n) is 3.42. The van der Waals surface area contributed by atoms with Crippen LogP contribution in [0.3, 0.4) is 0 Å². The first-order valence-corrected chi connectivity index (χ1v) is 7.74. The Kier molecular flexibility index (Phi) is 7.23. The Morgan fingerprint density at radius 3 is 2.62 bits per heavy atom. The number of hydrogen-bond donors (Lipinski definition) is 2. The van der Waals surface area contributed by atoms with Crippen molar-refractivity contribution in [2.75, 3.05) is 25.0 Å². The molecule has 1 rings (SSSR count). The highest BCUT2D eigenvalue weighted by molar-refractivity contribution is 5.81. The van der Waals surface area contributed by atoms with Crippen molar-refractivity contribution in [1.29, 1.82) is 0 Å². The molecule has 1 aromatic carbocycles. The molecule has 0 bridgehead atoms. The number of nitrogens with one attached hydrogen (secondary N) is 2. The maximum absolute atomic E-state index is 11.8. The summed E-state index contributed by atoms with van der Waals surface area (Å²) in [4.78, 5) is 13.7. The summed E-state index contributed by atoms with van der Waals surface area (Å²) < 4.78 is 0. The molecule has 0 saturated carbocycles. The van der Waals surface area contributed by atoms with Gasteiger partial charge in [-0.1, -0.05) is 26.8 Å². The lowest BCUT2D eigenvalue weighted by atomic mass is 10.1. The van der Waals surface area contributed by atoms with Crippen LogP contribution in [0.1, 0.15) is 38.3 Å². The first-order valence-electron chi connectivity index (χ1n) is 7.74. The molecule has 0 aliphatic rings. The molecule has 0 aliphatic heterocycles. The van der Waals surface area contributed by atoms with Crippen LogP contribution in [0.5, 0.6) is 0 Å². The molecule has 1 amide bonds. The minimum atomic E-state index is 0.0718. The van der Waals surface area contributed by atoms with E-state index in [4.69, 9.17) is 0 Å². The zero-order valence-corrected chi connectivity index (χ0v) is 14.0. The van der Waals surface area contributed by atoms with Crippen LogP contribution in [0.25, 0.3) is 0 Å². The summed E-state index contributed by atoms with van der Waals surface area (Å²) in [5.74, 6) is 0.0718. The monoisotopic (exact) mass is 291 g/mol. The zero-order chi connectivity index (χ0) is 15.8. The van der Waals surface area contributed by atoms with Crippen LogP contribution in [0.2, 0.25) is 0 Å². The van der Waals surface area contributed by atoms with E-state index in [1.165, 1.54) is 11.1 Å². The summed E-state index contributed by atoms with van der Waals surface area (Å²) in [5.41, 5.74) is 3.63. The van der Waals surface area contributed by atoms with Gasteiger partial charge in [-0.05, 0) is 36.6 Å². The van der Waals surface area contributed by atoms with E-state index in [-0.39, 0.29) is 5.91 Å². The predicted octanol–water partition coefficient (Wildman–Crippen LogP) is 2.46. The molecule has 0 aliphatic carbocycles. The van der Waals surface area contributed by atoms with Gasteiger partial charge in [0.05, 0.1) is 6.54 Å². The molecule has 0 radical (unpaired) electrons. The maximum Gasteiger partial charge on any atom is 0.239 e. The van der Waals surface area contributed by atoms with Gasteiger partial charge in [-0.15, -0.1) is 0 Å². The van der Waals surface area contributed by atoms with E-state index in [1.54, 1.807) is 0 Å². The first kappa shape index (κ1) is 17.5. The maximum atomic E-state index is 11.8. The van der Waals surface area contributed by atoms with Gasteiger partial charge in [0.2, 0.25) is 5.91 Å². The highest BCUT2D eigenvalue weighted by Gasteiger charge is 2.08. The molecule has 4 nitrogen and oxygen atoms in total. The van der Waals surface area contributed by atoms with Crippen molar-refractivity contribution >= 4 is 11.6 Å².